The van der Waals surface area contributed by atoms with Gasteiger partial charge in [-0.1, -0.05) is 18.2 Å². The maximum Gasteiger partial charge on any atom is 0.337 e. The van der Waals surface area contributed by atoms with E-state index in [0.717, 1.165) is 30.8 Å². The Morgan fingerprint density at radius 3 is 2.66 bits per heavy atom. The Balaban J connectivity index is 1.24. The Morgan fingerprint density at radius 1 is 1.14 bits per heavy atom. The zero-order valence-corrected chi connectivity index (χ0v) is 20.6. The fourth-order valence-electron chi connectivity index (χ4n) is 4.43. The van der Waals surface area contributed by atoms with Gasteiger partial charge < -0.3 is 20.1 Å². The van der Waals surface area contributed by atoms with Gasteiger partial charge in [0.15, 0.2) is 0 Å². The molecule has 186 valence electrons. The Kier molecular flexibility index (Phi) is 8.27. The van der Waals surface area contributed by atoms with Crippen molar-refractivity contribution >= 4 is 35.2 Å². The quantitative estimate of drug-likeness (QED) is 0.475. The lowest BCUT2D eigenvalue weighted by Crippen LogP contribution is -2.64. The van der Waals surface area contributed by atoms with E-state index >= 15 is 0 Å². The van der Waals surface area contributed by atoms with Crippen molar-refractivity contribution < 1.29 is 23.9 Å². The average molecular weight is 499 g/mol. The van der Waals surface area contributed by atoms with E-state index in [9.17, 15) is 14.4 Å². The number of methoxy groups -OCH3 is 2. The number of thioether (sulfide) groups is 1. The number of carbonyl (C=O) groups is 3. The van der Waals surface area contributed by atoms with E-state index in [2.05, 4.69) is 31.7 Å². The molecule has 2 aliphatic heterocycles. The number of amides is 2. The summed E-state index contributed by atoms with van der Waals surface area (Å²) >= 11 is 1.34. The molecule has 3 atom stereocenters. The number of ether oxygens (including phenoxy) is 2. The van der Waals surface area contributed by atoms with Gasteiger partial charge in [-0.05, 0) is 36.8 Å². The fourth-order valence-corrected chi connectivity index (χ4v) is 5.29. The van der Waals surface area contributed by atoms with Gasteiger partial charge in [0, 0.05) is 36.9 Å². The second kappa shape index (κ2) is 11.6. The van der Waals surface area contributed by atoms with Gasteiger partial charge in [0.1, 0.15) is 11.2 Å². The number of hydrogen-bond acceptors (Lipinski definition) is 8. The molecular formula is C25H30N4O5S. The molecule has 0 aromatic heterocycles. The third-order valence-corrected chi connectivity index (χ3v) is 7.25. The van der Waals surface area contributed by atoms with Crippen LogP contribution in [0.4, 0.5) is 5.69 Å². The molecular weight excluding hydrogens is 468 g/mol. The molecule has 0 radical (unpaired) electrons. The lowest BCUT2D eigenvalue weighted by atomic mass is 9.89. The molecule has 3 unspecified atom stereocenters. The van der Waals surface area contributed by atoms with Crippen LogP contribution in [0.1, 0.15) is 22.3 Å². The molecule has 10 heteroatoms. The summed E-state index contributed by atoms with van der Waals surface area (Å²) in [6.07, 6.45) is 0.850. The molecule has 2 aromatic carbocycles. The number of carbonyl (C=O) groups excluding carboxylic acids is 3. The normalized spacial score (nSPS) is 22.0. The summed E-state index contributed by atoms with van der Waals surface area (Å²) in [5, 5.41) is 9.29. The van der Waals surface area contributed by atoms with Gasteiger partial charge >= 0.3 is 5.97 Å². The molecule has 9 nitrogen and oxygen atoms in total. The zero-order chi connectivity index (χ0) is 24.8. The fraction of sp³-hybridized carbons (Fsp3) is 0.400. The molecule has 2 aliphatic rings. The summed E-state index contributed by atoms with van der Waals surface area (Å²) in [5.74, 6) is 0.280. The van der Waals surface area contributed by atoms with Gasteiger partial charge in [0.05, 0.1) is 31.5 Å². The van der Waals surface area contributed by atoms with E-state index in [1.54, 1.807) is 31.4 Å². The summed E-state index contributed by atoms with van der Waals surface area (Å²) in [4.78, 5) is 39.0. The third kappa shape index (κ3) is 6.33. The number of nitrogens with zero attached hydrogens (tertiary/aromatic N) is 1. The van der Waals surface area contributed by atoms with Crippen molar-refractivity contribution in [3.05, 3.63) is 59.7 Å². The highest BCUT2D eigenvalue weighted by molar-refractivity contribution is 8.00. The SMILES string of the molecule is COC(=O)c1ccc(NC(=O)CSC2NC(=O)C3CN(Cc4ccccc4OC)CCC3N2)cc1. The average Bonchev–Trinajstić information content (AvgIpc) is 2.88. The van der Waals surface area contributed by atoms with Gasteiger partial charge in [0.25, 0.3) is 0 Å². The van der Waals surface area contributed by atoms with E-state index in [1.165, 1.54) is 18.9 Å². The summed E-state index contributed by atoms with van der Waals surface area (Å²) in [6.45, 7) is 2.28. The van der Waals surface area contributed by atoms with Gasteiger partial charge in [-0.25, -0.2) is 4.79 Å². The van der Waals surface area contributed by atoms with Crippen molar-refractivity contribution in [3.8, 4) is 5.75 Å². The molecule has 4 rings (SSSR count). The number of nitrogens with one attached hydrogen (secondary N) is 3. The van der Waals surface area contributed by atoms with E-state index in [1.807, 2.05) is 18.2 Å². The Morgan fingerprint density at radius 2 is 1.91 bits per heavy atom. The van der Waals surface area contributed by atoms with Crippen molar-refractivity contribution in [1.82, 2.24) is 15.5 Å². The Labute approximate surface area is 208 Å². The number of piperidine rings is 1. The molecule has 0 bridgehead atoms. The second-order valence-electron chi connectivity index (χ2n) is 8.53. The number of rotatable bonds is 8. The predicted molar refractivity (Wildman–Crippen MR) is 134 cm³/mol. The van der Waals surface area contributed by atoms with Crippen LogP contribution in [0.15, 0.2) is 48.5 Å². The molecule has 2 saturated heterocycles. The molecule has 0 spiro atoms. The van der Waals surface area contributed by atoms with Gasteiger partial charge in [-0.2, -0.15) is 0 Å². The topological polar surface area (TPSA) is 109 Å². The maximum atomic E-state index is 12.9. The van der Waals surface area contributed by atoms with Crippen LogP contribution in [-0.4, -0.2) is 67.3 Å². The standard InChI is InChI=1S/C25H30N4O5S/c1-33-21-6-4-3-5-17(21)13-29-12-11-20-19(14-29)23(31)28-25(27-20)35-15-22(30)26-18-9-7-16(8-10-18)24(32)34-2/h3-10,19-20,25,27H,11-15H2,1-2H3,(H,26,30)(H,28,31). The lowest BCUT2D eigenvalue weighted by molar-refractivity contribution is -0.130. The van der Waals surface area contributed by atoms with Crippen molar-refractivity contribution in [2.75, 3.05) is 38.4 Å². The molecule has 35 heavy (non-hydrogen) atoms. The van der Waals surface area contributed by atoms with Crippen LogP contribution >= 0.6 is 11.8 Å². The van der Waals surface area contributed by atoms with Crippen LogP contribution in [0.5, 0.6) is 5.75 Å². The summed E-state index contributed by atoms with van der Waals surface area (Å²) in [5.41, 5.74) is 1.79. The van der Waals surface area contributed by atoms with Crippen molar-refractivity contribution in [2.24, 2.45) is 5.92 Å². The molecule has 2 amide bonds. The molecule has 2 aromatic rings. The van der Waals surface area contributed by atoms with E-state index in [-0.39, 0.29) is 35.0 Å². The summed E-state index contributed by atoms with van der Waals surface area (Å²) in [7, 11) is 2.99. The summed E-state index contributed by atoms with van der Waals surface area (Å²) in [6, 6.07) is 14.5. The lowest BCUT2D eigenvalue weighted by Gasteiger charge is -2.43. The van der Waals surface area contributed by atoms with Crippen LogP contribution in [0.2, 0.25) is 0 Å². The van der Waals surface area contributed by atoms with Crippen LogP contribution in [0, 0.1) is 5.92 Å². The molecule has 3 N–H and O–H groups in total. The number of anilines is 1. The van der Waals surface area contributed by atoms with E-state index < -0.39 is 5.97 Å². The predicted octanol–water partition coefficient (Wildman–Crippen LogP) is 2.05. The first-order valence-corrected chi connectivity index (χ1v) is 12.5. The van der Waals surface area contributed by atoms with Crippen LogP contribution in [0.3, 0.4) is 0 Å². The van der Waals surface area contributed by atoms with E-state index in [4.69, 9.17) is 4.74 Å². The smallest absolute Gasteiger partial charge is 0.337 e. The van der Waals surface area contributed by atoms with Crippen LogP contribution in [0.25, 0.3) is 0 Å². The number of para-hydroxylation sites is 1. The molecule has 0 aliphatic carbocycles. The van der Waals surface area contributed by atoms with Crippen molar-refractivity contribution in [1.29, 1.82) is 0 Å². The first kappa shape index (κ1) is 25.0. The van der Waals surface area contributed by atoms with Gasteiger partial charge in [-0.3, -0.25) is 19.8 Å². The number of esters is 1. The Hall–Kier alpha value is -3.08. The number of hydrogen-bond donors (Lipinski definition) is 3. The molecule has 2 fully saturated rings. The summed E-state index contributed by atoms with van der Waals surface area (Å²) < 4.78 is 10.1. The highest BCUT2D eigenvalue weighted by atomic mass is 32.2. The first-order valence-electron chi connectivity index (χ1n) is 11.5. The first-order chi connectivity index (χ1) is 17.0. The van der Waals surface area contributed by atoms with Crippen LogP contribution < -0.4 is 20.7 Å². The largest absolute Gasteiger partial charge is 0.496 e. The minimum absolute atomic E-state index is 0.00906. The highest BCUT2D eigenvalue weighted by Crippen LogP contribution is 2.27. The maximum absolute atomic E-state index is 12.9. The second-order valence-corrected chi connectivity index (χ2v) is 9.63. The minimum Gasteiger partial charge on any atom is -0.496 e. The molecule has 0 saturated carbocycles. The van der Waals surface area contributed by atoms with Crippen molar-refractivity contribution in [2.45, 2.75) is 24.5 Å². The minimum atomic E-state index is -0.429. The van der Waals surface area contributed by atoms with Crippen LogP contribution in [-0.2, 0) is 20.9 Å². The third-order valence-electron chi connectivity index (χ3n) is 6.23. The molecule has 2 heterocycles. The van der Waals surface area contributed by atoms with E-state index in [0.29, 0.717) is 17.8 Å². The number of fused-ring (bicyclic) bond motifs is 1. The number of benzene rings is 2. The van der Waals surface area contributed by atoms with Gasteiger partial charge in [0.2, 0.25) is 11.8 Å². The highest BCUT2D eigenvalue weighted by Gasteiger charge is 2.40. The Bertz CT molecular complexity index is 1060. The van der Waals surface area contributed by atoms with Crippen molar-refractivity contribution in [3.63, 3.8) is 0 Å². The van der Waals surface area contributed by atoms with Gasteiger partial charge in [-0.15, -0.1) is 11.8 Å². The number of likely N-dealkylation sites (tertiary alicyclic amines) is 1. The zero-order valence-electron chi connectivity index (χ0n) is 19.8. The monoisotopic (exact) mass is 498 g/mol.